The fourth-order valence-corrected chi connectivity index (χ4v) is 2.75. The molecule has 1 unspecified atom stereocenters. The van der Waals surface area contributed by atoms with Gasteiger partial charge in [-0.2, -0.15) is 0 Å². The van der Waals surface area contributed by atoms with Crippen molar-refractivity contribution >= 4 is 11.6 Å². The molecule has 134 valence electrons. The molecule has 2 aromatic rings. The highest BCUT2D eigenvalue weighted by Crippen LogP contribution is 2.23. The average molecular weight is 341 g/mol. The zero-order valence-corrected chi connectivity index (χ0v) is 15.8. The number of benzene rings is 2. The summed E-state index contributed by atoms with van der Waals surface area (Å²) in [5.74, 6) is 0.652. The molecule has 2 N–H and O–H groups in total. The third-order valence-electron chi connectivity index (χ3n) is 4.17. The van der Waals surface area contributed by atoms with Gasteiger partial charge in [0.25, 0.3) is 5.91 Å². The summed E-state index contributed by atoms with van der Waals surface area (Å²) < 4.78 is 5.26. The number of hydrogen-bond acceptors (Lipinski definition) is 2. The Hall–Kier alpha value is -2.33. The number of carbonyl (C=O) groups excluding carboxylic acids is 1. The van der Waals surface area contributed by atoms with Gasteiger partial charge in [-0.25, -0.2) is 0 Å². The van der Waals surface area contributed by atoms with Gasteiger partial charge in [0, 0.05) is 5.56 Å². The molecule has 4 heteroatoms. The highest BCUT2D eigenvalue weighted by molar-refractivity contribution is 5.92. The molecule has 1 amide bonds. The van der Waals surface area contributed by atoms with E-state index in [-0.39, 0.29) is 11.3 Å². The maximum absolute atomic E-state index is 12.3. The lowest BCUT2D eigenvalue weighted by molar-refractivity contribution is -0.885. The quantitative estimate of drug-likeness (QED) is 0.848. The van der Waals surface area contributed by atoms with E-state index in [4.69, 9.17) is 4.74 Å². The molecule has 0 aromatic heterocycles. The Morgan fingerprint density at radius 2 is 1.72 bits per heavy atom. The maximum atomic E-state index is 12.3. The lowest BCUT2D eigenvalue weighted by Gasteiger charge is -2.20. The normalized spacial score (nSPS) is 12.5. The second kappa shape index (κ2) is 8.17. The zero-order chi connectivity index (χ0) is 18.4. The van der Waals surface area contributed by atoms with Gasteiger partial charge in [0.05, 0.1) is 19.8 Å². The summed E-state index contributed by atoms with van der Waals surface area (Å²) >= 11 is 0. The molecule has 2 aromatic carbocycles. The number of amides is 1. The Morgan fingerprint density at radius 1 is 1.08 bits per heavy atom. The van der Waals surface area contributed by atoms with Crippen LogP contribution in [0.15, 0.2) is 48.5 Å². The number of anilines is 1. The van der Waals surface area contributed by atoms with Crippen LogP contribution in [0.1, 0.15) is 31.9 Å². The fraction of sp³-hybridized carbons (Fsp3) is 0.381. The average Bonchev–Trinajstić information content (AvgIpc) is 2.54. The largest absolute Gasteiger partial charge is 0.495 e. The third kappa shape index (κ3) is 5.61. The molecule has 0 aliphatic heterocycles. The van der Waals surface area contributed by atoms with Crippen molar-refractivity contribution in [2.75, 3.05) is 26.0 Å². The minimum atomic E-state index is -0.0201. The number of para-hydroxylation sites is 2. The van der Waals surface area contributed by atoms with Gasteiger partial charge in [-0.15, -0.1) is 0 Å². The van der Waals surface area contributed by atoms with Crippen LogP contribution in [0.2, 0.25) is 0 Å². The topological polar surface area (TPSA) is 42.8 Å². The minimum Gasteiger partial charge on any atom is -0.495 e. The smallest absolute Gasteiger partial charge is 0.279 e. The molecule has 0 radical (unpaired) electrons. The van der Waals surface area contributed by atoms with Crippen molar-refractivity contribution in [3.05, 3.63) is 59.7 Å². The molecule has 0 aliphatic rings. The van der Waals surface area contributed by atoms with Gasteiger partial charge in [0.15, 0.2) is 6.54 Å². The number of rotatable bonds is 6. The molecular weight excluding hydrogens is 312 g/mol. The molecule has 2 rings (SSSR count). The minimum absolute atomic E-state index is 0.0201. The van der Waals surface area contributed by atoms with E-state index in [9.17, 15) is 4.79 Å². The van der Waals surface area contributed by atoms with Crippen molar-refractivity contribution in [1.82, 2.24) is 0 Å². The van der Waals surface area contributed by atoms with Crippen molar-refractivity contribution in [2.24, 2.45) is 0 Å². The number of nitrogens with one attached hydrogen (secondary N) is 2. The van der Waals surface area contributed by atoms with E-state index in [2.05, 4.69) is 50.4 Å². The van der Waals surface area contributed by atoms with Crippen LogP contribution in [-0.4, -0.2) is 26.6 Å². The summed E-state index contributed by atoms with van der Waals surface area (Å²) in [4.78, 5) is 13.4. The highest BCUT2D eigenvalue weighted by Gasteiger charge is 2.15. The SMILES string of the molecule is COc1ccccc1NC(=O)C[NH+](C)Cc1ccc(C(C)(C)C)cc1. The lowest BCUT2D eigenvalue weighted by atomic mass is 9.87. The second-order valence-electron chi connectivity index (χ2n) is 7.51. The van der Waals surface area contributed by atoms with Crippen LogP contribution in [-0.2, 0) is 16.8 Å². The standard InChI is InChI=1S/C21H28N2O2/c1-21(2,3)17-12-10-16(11-13-17)14-23(4)15-20(24)22-18-8-6-7-9-19(18)25-5/h6-13H,14-15H2,1-5H3,(H,22,24)/p+1. The Bertz CT molecular complexity index is 703. The Balaban J connectivity index is 1.91. The molecule has 25 heavy (non-hydrogen) atoms. The molecule has 4 nitrogen and oxygen atoms in total. The van der Waals surface area contributed by atoms with Gasteiger partial charge in [-0.1, -0.05) is 57.2 Å². The van der Waals surface area contributed by atoms with Gasteiger partial charge >= 0.3 is 0 Å². The number of carbonyl (C=O) groups is 1. The molecule has 0 heterocycles. The molecule has 0 saturated heterocycles. The number of quaternary nitrogens is 1. The first-order valence-corrected chi connectivity index (χ1v) is 8.63. The van der Waals surface area contributed by atoms with E-state index in [1.54, 1.807) is 7.11 Å². The summed E-state index contributed by atoms with van der Waals surface area (Å²) in [7, 11) is 3.63. The van der Waals surface area contributed by atoms with Crippen molar-refractivity contribution in [1.29, 1.82) is 0 Å². The molecule has 1 atom stereocenters. The summed E-state index contributed by atoms with van der Waals surface area (Å²) in [5, 5.41) is 2.92. The lowest BCUT2D eigenvalue weighted by Crippen LogP contribution is -3.08. The molecule has 0 fully saturated rings. The van der Waals surface area contributed by atoms with Gasteiger partial charge in [0.1, 0.15) is 12.3 Å². The van der Waals surface area contributed by atoms with Crippen molar-refractivity contribution in [3.63, 3.8) is 0 Å². The van der Waals surface area contributed by atoms with E-state index in [1.165, 1.54) is 11.1 Å². The number of likely N-dealkylation sites (N-methyl/N-ethyl adjacent to an activating group) is 1. The van der Waals surface area contributed by atoms with Crippen molar-refractivity contribution < 1.29 is 14.4 Å². The maximum Gasteiger partial charge on any atom is 0.279 e. The van der Waals surface area contributed by atoms with Gasteiger partial charge in [-0.3, -0.25) is 4.79 Å². The number of ether oxygens (including phenoxy) is 1. The van der Waals surface area contributed by atoms with E-state index < -0.39 is 0 Å². The van der Waals surface area contributed by atoms with E-state index in [0.29, 0.717) is 18.0 Å². The van der Waals surface area contributed by atoms with E-state index in [0.717, 1.165) is 11.4 Å². The van der Waals surface area contributed by atoms with E-state index >= 15 is 0 Å². The Kier molecular flexibility index (Phi) is 6.21. The van der Waals surface area contributed by atoms with Crippen LogP contribution in [0.3, 0.4) is 0 Å². The van der Waals surface area contributed by atoms with Gasteiger partial charge in [-0.05, 0) is 23.1 Å². The van der Waals surface area contributed by atoms with Crippen LogP contribution in [0.25, 0.3) is 0 Å². The van der Waals surface area contributed by atoms with Crippen LogP contribution >= 0.6 is 0 Å². The van der Waals surface area contributed by atoms with E-state index in [1.807, 2.05) is 31.3 Å². The molecule has 0 aliphatic carbocycles. The summed E-state index contributed by atoms with van der Waals surface area (Å²) in [6.07, 6.45) is 0. The zero-order valence-electron chi connectivity index (χ0n) is 15.8. The summed E-state index contributed by atoms with van der Waals surface area (Å²) in [6, 6.07) is 16.1. The fourth-order valence-electron chi connectivity index (χ4n) is 2.75. The first kappa shape index (κ1) is 19.0. The molecular formula is C21H29N2O2+. The van der Waals surface area contributed by atoms with Crippen molar-refractivity contribution in [2.45, 2.75) is 32.7 Å². The number of hydrogen-bond donors (Lipinski definition) is 2. The second-order valence-corrected chi connectivity index (χ2v) is 7.51. The Labute approximate surface area is 150 Å². The van der Waals surface area contributed by atoms with Crippen molar-refractivity contribution in [3.8, 4) is 5.75 Å². The molecule has 0 saturated carbocycles. The summed E-state index contributed by atoms with van der Waals surface area (Å²) in [6.45, 7) is 7.84. The highest BCUT2D eigenvalue weighted by atomic mass is 16.5. The monoisotopic (exact) mass is 341 g/mol. The molecule has 0 bridgehead atoms. The first-order chi connectivity index (χ1) is 11.8. The predicted molar refractivity (Wildman–Crippen MR) is 102 cm³/mol. The predicted octanol–water partition coefficient (Wildman–Crippen LogP) is 2.65. The first-order valence-electron chi connectivity index (χ1n) is 8.63. The van der Waals surface area contributed by atoms with Gasteiger partial charge in [0.2, 0.25) is 0 Å². The third-order valence-corrected chi connectivity index (χ3v) is 4.17. The molecule has 0 spiro atoms. The summed E-state index contributed by atoms with van der Waals surface area (Å²) in [5.41, 5.74) is 3.42. The Morgan fingerprint density at radius 3 is 2.32 bits per heavy atom. The van der Waals surface area contributed by atoms with Crippen LogP contribution < -0.4 is 15.0 Å². The number of methoxy groups -OCH3 is 1. The van der Waals surface area contributed by atoms with Crippen LogP contribution in [0.5, 0.6) is 5.75 Å². The van der Waals surface area contributed by atoms with Gasteiger partial charge < -0.3 is 15.0 Å². The van der Waals surface area contributed by atoms with Crippen LogP contribution in [0.4, 0.5) is 5.69 Å². The van der Waals surface area contributed by atoms with Crippen LogP contribution in [0, 0.1) is 0 Å².